The smallest absolute Gasteiger partial charge is 0.408 e. The molecule has 1 aromatic rings. The van der Waals surface area contributed by atoms with Gasteiger partial charge in [0.05, 0.1) is 0 Å². The Morgan fingerprint density at radius 3 is 2.33 bits per heavy atom. The number of amides is 1. The van der Waals surface area contributed by atoms with Crippen molar-refractivity contribution in [3.8, 4) is 0 Å². The number of carbonyl (C=O) groups excluding carboxylic acids is 1. The Hall–Kier alpha value is -2.09. The third-order valence-electron chi connectivity index (χ3n) is 2.68. The molecule has 8 nitrogen and oxygen atoms in total. The zero-order valence-electron chi connectivity index (χ0n) is 12.6. The van der Waals surface area contributed by atoms with Crippen LogP contribution in [0.3, 0.4) is 0 Å². The van der Waals surface area contributed by atoms with E-state index in [1.54, 1.807) is 27.7 Å². The second-order valence-corrected chi connectivity index (χ2v) is 5.90. The van der Waals surface area contributed by atoms with E-state index >= 15 is 0 Å². The largest absolute Gasteiger partial charge is 0.479 e. The van der Waals surface area contributed by atoms with Crippen molar-refractivity contribution in [1.29, 1.82) is 0 Å². The van der Waals surface area contributed by atoms with Crippen LogP contribution in [0.1, 0.15) is 45.3 Å². The fourth-order valence-corrected chi connectivity index (χ4v) is 1.56. The van der Waals surface area contributed by atoms with E-state index in [0.29, 0.717) is 5.76 Å². The quantitative estimate of drug-likeness (QED) is 0.767. The molecule has 0 spiro atoms. The zero-order chi connectivity index (χ0) is 16.4. The molecule has 0 radical (unpaired) electrons. The lowest BCUT2D eigenvalue weighted by atomic mass is 9.92. The molecule has 0 aromatic carbocycles. The highest BCUT2D eigenvalue weighted by molar-refractivity contribution is 5.85. The van der Waals surface area contributed by atoms with Gasteiger partial charge in [0, 0.05) is 6.07 Å². The summed E-state index contributed by atoms with van der Waals surface area (Å²) >= 11 is 0. The molecule has 1 heterocycles. The summed E-state index contributed by atoms with van der Waals surface area (Å²) in [5, 5.41) is 25.3. The topological polar surface area (TPSA) is 122 Å². The van der Waals surface area contributed by atoms with Gasteiger partial charge in [0.15, 0.2) is 5.54 Å². The molecular weight excluding hydrogens is 280 g/mol. The third kappa shape index (κ3) is 4.19. The first-order valence-corrected chi connectivity index (χ1v) is 6.31. The van der Waals surface area contributed by atoms with Gasteiger partial charge in [-0.3, -0.25) is 0 Å². The van der Waals surface area contributed by atoms with Crippen molar-refractivity contribution in [2.45, 2.75) is 51.9 Å². The van der Waals surface area contributed by atoms with E-state index in [1.165, 1.54) is 6.07 Å². The van der Waals surface area contributed by atoms with Crippen LogP contribution >= 0.6 is 0 Å². The van der Waals surface area contributed by atoms with Crippen LogP contribution < -0.4 is 5.32 Å². The van der Waals surface area contributed by atoms with Crippen molar-refractivity contribution in [2.24, 2.45) is 0 Å². The van der Waals surface area contributed by atoms with Gasteiger partial charge in [-0.2, -0.15) is 0 Å². The molecule has 0 saturated heterocycles. The number of rotatable bonds is 4. The number of aromatic nitrogens is 1. The maximum atomic E-state index is 11.8. The minimum absolute atomic E-state index is 0.00783. The van der Waals surface area contributed by atoms with Gasteiger partial charge in [0.25, 0.3) is 0 Å². The van der Waals surface area contributed by atoms with Crippen molar-refractivity contribution < 1.29 is 29.1 Å². The Kier molecular flexibility index (Phi) is 4.62. The molecule has 3 N–H and O–H groups in total. The van der Waals surface area contributed by atoms with E-state index in [2.05, 4.69) is 10.5 Å². The molecule has 2 atom stereocenters. The molecular formula is C13H20N2O6. The molecule has 1 aromatic heterocycles. The lowest BCUT2D eigenvalue weighted by Crippen LogP contribution is -2.57. The number of nitrogens with zero attached hydrogens (tertiary/aromatic N) is 1. The van der Waals surface area contributed by atoms with Crippen molar-refractivity contribution in [2.75, 3.05) is 0 Å². The predicted octanol–water partition coefficient (Wildman–Crippen LogP) is 1.38. The first-order chi connectivity index (χ1) is 9.45. The second kappa shape index (κ2) is 5.72. The summed E-state index contributed by atoms with van der Waals surface area (Å²) in [7, 11) is 0. The minimum Gasteiger partial charge on any atom is -0.479 e. The Bertz CT molecular complexity index is 533. The number of carboxylic acid groups (broad SMARTS) is 1. The number of nitrogens with one attached hydrogen (secondary N) is 1. The summed E-state index contributed by atoms with van der Waals surface area (Å²) in [6.07, 6.45) is -2.55. The van der Waals surface area contributed by atoms with Crippen LogP contribution in [0.25, 0.3) is 0 Å². The monoisotopic (exact) mass is 300 g/mol. The molecule has 118 valence electrons. The number of aryl methyl sites for hydroxylation is 1. The van der Waals surface area contributed by atoms with Crippen molar-refractivity contribution in [3.05, 3.63) is 17.5 Å². The van der Waals surface area contributed by atoms with Crippen LogP contribution in [0.2, 0.25) is 0 Å². The fraction of sp³-hybridized carbons (Fsp3) is 0.615. The lowest BCUT2D eigenvalue weighted by molar-refractivity contribution is -0.149. The van der Waals surface area contributed by atoms with Crippen LogP contribution in [-0.4, -0.2) is 38.6 Å². The highest BCUT2D eigenvalue weighted by Gasteiger charge is 2.45. The van der Waals surface area contributed by atoms with Gasteiger partial charge in [-0.25, -0.2) is 9.59 Å². The van der Waals surface area contributed by atoms with E-state index in [1.807, 2.05) is 0 Å². The first-order valence-electron chi connectivity index (χ1n) is 6.31. The number of aliphatic hydroxyl groups excluding tert-OH is 1. The van der Waals surface area contributed by atoms with Crippen LogP contribution in [-0.2, 0) is 9.53 Å². The Labute approximate surface area is 122 Å². The first kappa shape index (κ1) is 17.0. The Morgan fingerprint density at radius 1 is 1.38 bits per heavy atom. The highest BCUT2D eigenvalue weighted by Crippen LogP contribution is 2.26. The fourth-order valence-electron chi connectivity index (χ4n) is 1.56. The Balaban J connectivity index is 2.98. The van der Waals surface area contributed by atoms with E-state index in [-0.39, 0.29) is 5.69 Å². The van der Waals surface area contributed by atoms with Crippen molar-refractivity contribution in [3.63, 3.8) is 0 Å². The summed E-state index contributed by atoms with van der Waals surface area (Å²) in [6, 6.07) is 1.39. The van der Waals surface area contributed by atoms with E-state index in [4.69, 9.17) is 9.26 Å². The molecule has 0 aliphatic heterocycles. The van der Waals surface area contributed by atoms with Crippen LogP contribution in [0.5, 0.6) is 0 Å². The summed E-state index contributed by atoms with van der Waals surface area (Å²) < 4.78 is 9.81. The minimum atomic E-state index is -2.01. The molecule has 0 aliphatic carbocycles. The molecule has 1 amide bonds. The molecule has 8 heteroatoms. The summed E-state index contributed by atoms with van der Waals surface area (Å²) in [6.45, 7) is 7.68. The number of carbonyl (C=O) groups is 2. The molecule has 0 bridgehead atoms. The zero-order valence-corrected chi connectivity index (χ0v) is 12.6. The van der Waals surface area contributed by atoms with Gasteiger partial charge in [0.2, 0.25) is 0 Å². The number of ether oxygens (including phenoxy) is 1. The van der Waals surface area contributed by atoms with Crippen LogP contribution in [0, 0.1) is 6.92 Å². The molecule has 0 saturated carbocycles. The number of carboxylic acids is 1. The van der Waals surface area contributed by atoms with Gasteiger partial charge in [-0.15, -0.1) is 0 Å². The van der Waals surface area contributed by atoms with E-state index in [0.717, 1.165) is 6.92 Å². The van der Waals surface area contributed by atoms with E-state index < -0.39 is 29.3 Å². The average Bonchev–Trinajstić information content (AvgIpc) is 2.71. The normalized spacial score (nSPS) is 15.9. The number of hydrogen-bond acceptors (Lipinski definition) is 6. The van der Waals surface area contributed by atoms with Crippen LogP contribution in [0.15, 0.2) is 10.6 Å². The third-order valence-corrected chi connectivity index (χ3v) is 2.68. The number of aliphatic carboxylic acids is 1. The molecule has 0 aliphatic rings. The predicted molar refractivity (Wildman–Crippen MR) is 71.6 cm³/mol. The number of alkyl carbamates (subject to hydrolysis) is 1. The highest BCUT2D eigenvalue weighted by atomic mass is 16.6. The van der Waals surface area contributed by atoms with Gasteiger partial charge in [0.1, 0.15) is 23.2 Å². The van der Waals surface area contributed by atoms with Gasteiger partial charge >= 0.3 is 12.1 Å². The summed E-state index contributed by atoms with van der Waals surface area (Å²) in [5.74, 6) is -1.02. The maximum Gasteiger partial charge on any atom is 0.408 e. The second-order valence-electron chi connectivity index (χ2n) is 5.90. The summed E-state index contributed by atoms with van der Waals surface area (Å²) in [4.78, 5) is 23.2. The van der Waals surface area contributed by atoms with Gasteiger partial charge in [-0.1, -0.05) is 5.16 Å². The van der Waals surface area contributed by atoms with Gasteiger partial charge < -0.3 is 24.8 Å². The maximum absolute atomic E-state index is 11.8. The lowest BCUT2D eigenvalue weighted by Gasteiger charge is -2.31. The average molecular weight is 300 g/mol. The van der Waals surface area contributed by atoms with Gasteiger partial charge in [-0.05, 0) is 34.6 Å². The molecule has 1 rings (SSSR count). The standard InChI is InChI=1S/C13H20N2O6/c1-7-6-8(15-21-7)9(16)13(5,10(17)18)14-11(19)20-12(2,3)4/h6,9,16H,1-5H3,(H,14,19)(H,17,18)/t9-,13+/m1/s1. The Morgan fingerprint density at radius 2 is 1.95 bits per heavy atom. The molecule has 0 fully saturated rings. The summed E-state index contributed by atoms with van der Waals surface area (Å²) in [5.41, 5.74) is -2.79. The number of aliphatic hydroxyl groups is 1. The van der Waals surface area contributed by atoms with Crippen LogP contribution in [0.4, 0.5) is 4.79 Å². The number of hydrogen-bond donors (Lipinski definition) is 3. The SMILES string of the molecule is Cc1cc([C@@H](O)[C@](C)(NC(=O)OC(C)(C)C)C(=O)O)no1. The molecule has 0 unspecified atom stereocenters. The van der Waals surface area contributed by atoms with E-state index in [9.17, 15) is 19.8 Å². The van der Waals surface area contributed by atoms with Crippen molar-refractivity contribution in [1.82, 2.24) is 10.5 Å². The molecule has 21 heavy (non-hydrogen) atoms. The van der Waals surface area contributed by atoms with Crippen molar-refractivity contribution >= 4 is 12.1 Å².